The molecular weight excluding hydrogens is 316 g/mol. The zero-order valence-corrected chi connectivity index (χ0v) is 14.4. The molecule has 1 amide bonds. The molecule has 3 N–H and O–H groups in total. The lowest BCUT2D eigenvalue weighted by Crippen LogP contribution is -2.27. The molecule has 0 saturated carbocycles. The van der Waals surface area contributed by atoms with Gasteiger partial charge in [0, 0.05) is 11.1 Å². The zero-order chi connectivity index (χ0) is 17.8. The first-order valence-corrected chi connectivity index (χ1v) is 8.36. The van der Waals surface area contributed by atoms with E-state index >= 15 is 0 Å². The third-order valence-corrected chi connectivity index (χ3v) is 3.98. The Labute approximate surface area is 146 Å². The van der Waals surface area contributed by atoms with Gasteiger partial charge in [0.25, 0.3) is 0 Å². The number of ether oxygens (including phenoxy) is 1. The highest BCUT2D eigenvalue weighted by atomic mass is 16.5. The first kappa shape index (κ1) is 16.9. The molecule has 130 valence electrons. The van der Waals surface area contributed by atoms with Crippen molar-refractivity contribution >= 4 is 22.6 Å². The van der Waals surface area contributed by atoms with Crippen LogP contribution in [0.25, 0.3) is 11.0 Å². The fraction of sp³-hybridized carbons (Fsp3) is 0.250. The average Bonchev–Trinajstić information content (AvgIpc) is 3.02. The number of nitrogens with two attached hydrogens (primary N) is 1. The number of para-hydroxylation sites is 1. The van der Waals surface area contributed by atoms with Gasteiger partial charge in [0.2, 0.25) is 5.91 Å². The van der Waals surface area contributed by atoms with Gasteiger partial charge in [-0.1, -0.05) is 24.3 Å². The van der Waals surface area contributed by atoms with Crippen LogP contribution in [0.4, 0.5) is 5.69 Å². The van der Waals surface area contributed by atoms with Gasteiger partial charge in [0.1, 0.15) is 5.76 Å². The van der Waals surface area contributed by atoms with Crippen LogP contribution in [0.15, 0.2) is 52.9 Å². The lowest BCUT2D eigenvalue weighted by atomic mass is 10.1. The molecule has 0 spiro atoms. The van der Waals surface area contributed by atoms with Crippen LogP contribution >= 0.6 is 0 Å². The summed E-state index contributed by atoms with van der Waals surface area (Å²) >= 11 is 0. The molecule has 1 atom stereocenters. The Balaban J connectivity index is 1.71. The summed E-state index contributed by atoms with van der Waals surface area (Å²) in [6.45, 7) is 4.41. The molecule has 5 heteroatoms. The first-order chi connectivity index (χ1) is 12.1. The Hall–Kier alpha value is -2.95. The van der Waals surface area contributed by atoms with Gasteiger partial charge in [-0.3, -0.25) is 4.79 Å². The molecule has 3 aromatic rings. The molecule has 0 fully saturated rings. The van der Waals surface area contributed by atoms with E-state index in [9.17, 15) is 4.79 Å². The first-order valence-electron chi connectivity index (χ1n) is 8.36. The Bertz CT molecular complexity index is 868. The summed E-state index contributed by atoms with van der Waals surface area (Å²) in [5.74, 6) is 1.35. The van der Waals surface area contributed by atoms with Crippen molar-refractivity contribution < 1.29 is 13.9 Å². The van der Waals surface area contributed by atoms with Crippen molar-refractivity contribution in [2.45, 2.75) is 26.3 Å². The minimum absolute atomic E-state index is 0.0669. The smallest absolute Gasteiger partial charge is 0.224 e. The number of amides is 1. The molecule has 5 nitrogen and oxygen atoms in total. The molecule has 0 aliphatic heterocycles. The monoisotopic (exact) mass is 338 g/mol. The molecule has 0 bridgehead atoms. The third kappa shape index (κ3) is 3.94. The highest BCUT2D eigenvalue weighted by molar-refractivity contribution is 5.84. The molecule has 25 heavy (non-hydrogen) atoms. The van der Waals surface area contributed by atoms with E-state index in [1.807, 2.05) is 50.2 Å². The number of hydrogen-bond donors (Lipinski definition) is 2. The molecule has 0 radical (unpaired) electrons. The Kier molecular flexibility index (Phi) is 4.93. The van der Waals surface area contributed by atoms with Crippen molar-refractivity contribution in [2.75, 3.05) is 12.3 Å². The summed E-state index contributed by atoms with van der Waals surface area (Å²) in [4.78, 5) is 12.3. The number of fused-ring (bicyclic) bond motifs is 1. The second-order valence-corrected chi connectivity index (χ2v) is 5.96. The Morgan fingerprint density at radius 2 is 2.00 bits per heavy atom. The molecule has 1 aromatic heterocycles. The van der Waals surface area contributed by atoms with E-state index in [0.29, 0.717) is 35.8 Å². The summed E-state index contributed by atoms with van der Waals surface area (Å²) in [7, 11) is 0. The van der Waals surface area contributed by atoms with Crippen molar-refractivity contribution in [2.24, 2.45) is 0 Å². The Morgan fingerprint density at radius 3 is 2.72 bits per heavy atom. The van der Waals surface area contributed by atoms with Crippen LogP contribution in [0.1, 0.15) is 31.2 Å². The van der Waals surface area contributed by atoms with Crippen LogP contribution in [0.2, 0.25) is 0 Å². The molecule has 0 aliphatic rings. The average molecular weight is 338 g/mol. The van der Waals surface area contributed by atoms with E-state index < -0.39 is 0 Å². The van der Waals surface area contributed by atoms with Crippen LogP contribution < -0.4 is 15.8 Å². The maximum atomic E-state index is 12.3. The van der Waals surface area contributed by atoms with Crippen molar-refractivity contribution in [3.63, 3.8) is 0 Å². The van der Waals surface area contributed by atoms with Crippen LogP contribution in [-0.2, 0) is 11.2 Å². The maximum absolute atomic E-state index is 12.3. The highest BCUT2D eigenvalue weighted by Crippen LogP contribution is 2.31. The van der Waals surface area contributed by atoms with Crippen LogP contribution in [-0.4, -0.2) is 12.5 Å². The van der Waals surface area contributed by atoms with Gasteiger partial charge in [-0.05, 0) is 43.7 Å². The van der Waals surface area contributed by atoms with Crippen molar-refractivity contribution in [3.05, 3.63) is 59.9 Å². The van der Waals surface area contributed by atoms with Gasteiger partial charge in [-0.2, -0.15) is 0 Å². The van der Waals surface area contributed by atoms with E-state index in [0.717, 1.165) is 10.9 Å². The van der Waals surface area contributed by atoms with Crippen molar-refractivity contribution in [1.82, 2.24) is 5.32 Å². The predicted molar refractivity (Wildman–Crippen MR) is 98.5 cm³/mol. The molecular formula is C20H22N2O3. The fourth-order valence-corrected chi connectivity index (χ4v) is 2.72. The zero-order valence-electron chi connectivity index (χ0n) is 14.4. The van der Waals surface area contributed by atoms with Gasteiger partial charge in [-0.15, -0.1) is 0 Å². The van der Waals surface area contributed by atoms with E-state index in [-0.39, 0.29) is 11.9 Å². The van der Waals surface area contributed by atoms with E-state index in [1.165, 1.54) is 0 Å². The summed E-state index contributed by atoms with van der Waals surface area (Å²) in [6, 6.07) is 14.8. The summed E-state index contributed by atoms with van der Waals surface area (Å²) in [5, 5.41) is 3.93. The van der Waals surface area contributed by atoms with Gasteiger partial charge < -0.3 is 20.2 Å². The SMILES string of the molecule is CCOc1cccc2cc(C(C)NC(=O)Cc3ccc(N)cc3)oc12. The third-order valence-electron chi connectivity index (χ3n) is 3.98. The van der Waals surface area contributed by atoms with Crippen LogP contribution in [0.5, 0.6) is 5.75 Å². The van der Waals surface area contributed by atoms with Crippen molar-refractivity contribution in [3.8, 4) is 5.75 Å². The van der Waals surface area contributed by atoms with E-state index in [2.05, 4.69) is 5.32 Å². The second kappa shape index (κ2) is 7.30. The second-order valence-electron chi connectivity index (χ2n) is 5.96. The highest BCUT2D eigenvalue weighted by Gasteiger charge is 2.16. The number of rotatable bonds is 6. The number of hydrogen-bond acceptors (Lipinski definition) is 4. The fourth-order valence-electron chi connectivity index (χ4n) is 2.72. The minimum Gasteiger partial charge on any atom is -0.490 e. The van der Waals surface area contributed by atoms with Crippen LogP contribution in [0, 0.1) is 0 Å². The van der Waals surface area contributed by atoms with Gasteiger partial charge >= 0.3 is 0 Å². The number of nitrogens with one attached hydrogen (secondary N) is 1. The summed E-state index contributed by atoms with van der Waals surface area (Å²) in [6.07, 6.45) is 0.301. The topological polar surface area (TPSA) is 77.5 Å². The van der Waals surface area contributed by atoms with Gasteiger partial charge in [0.05, 0.1) is 19.1 Å². The molecule has 2 aromatic carbocycles. The van der Waals surface area contributed by atoms with Gasteiger partial charge in [0.15, 0.2) is 11.3 Å². The molecule has 0 aliphatic carbocycles. The molecule has 0 saturated heterocycles. The number of carbonyl (C=O) groups excluding carboxylic acids is 1. The van der Waals surface area contributed by atoms with Crippen LogP contribution in [0.3, 0.4) is 0 Å². The number of nitrogen functional groups attached to an aromatic ring is 1. The Morgan fingerprint density at radius 1 is 1.24 bits per heavy atom. The minimum atomic E-state index is -0.233. The lowest BCUT2D eigenvalue weighted by Gasteiger charge is -2.11. The summed E-state index contributed by atoms with van der Waals surface area (Å²) in [5.41, 5.74) is 7.97. The largest absolute Gasteiger partial charge is 0.490 e. The lowest BCUT2D eigenvalue weighted by molar-refractivity contribution is -0.121. The normalized spacial score (nSPS) is 12.1. The standard InChI is InChI=1S/C20H22N2O3/c1-3-24-17-6-4-5-15-12-18(25-20(15)17)13(2)22-19(23)11-14-7-9-16(21)10-8-14/h4-10,12-13H,3,11,21H2,1-2H3,(H,22,23). The molecule has 3 rings (SSSR count). The number of carbonyl (C=O) groups is 1. The van der Waals surface area contributed by atoms with Gasteiger partial charge in [-0.25, -0.2) is 0 Å². The maximum Gasteiger partial charge on any atom is 0.224 e. The molecule has 1 heterocycles. The number of anilines is 1. The summed E-state index contributed by atoms with van der Waals surface area (Å²) < 4.78 is 11.5. The quantitative estimate of drug-likeness (QED) is 0.670. The number of benzene rings is 2. The molecule has 1 unspecified atom stereocenters. The van der Waals surface area contributed by atoms with Crippen molar-refractivity contribution in [1.29, 1.82) is 0 Å². The van der Waals surface area contributed by atoms with E-state index in [1.54, 1.807) is 12.1 Å². The number of furan rings is 1. The van der Waals surface area contributed by atoms with E-state index in [4.69, 9.17) is 14.9 Å². The predicted octanol–water partition coefficient (Wildman–Crippen LogP) is 3.83.